The van der Waals surface area contributed by atoms with Crippen LogP contribution < -0.4 is 5.32 Å². The normalized spacial score (nSPS) is 17.3. The average Bonchev–Trinajstić information content (AvgIpc) is 3.86. The fourth-order valence-electron chi connectivity index (χ4n) is 6.95. The number of aliphatic hydroxyl groups excluding tert-OH is 1. The van der Waals surface area contributed by atoms with Crippen LogP contribution in [0.25, 0.3) is 22.4 Å². The first-order chi connectivity index (χ1) is 27.0. The molecule has 2 aliphatic rings. The average molecular weight is 811 g/mol. The van der Waals surface area contributed by atoms with Gasteiger partial charge in [-0.3, -0.25) is 24.0 Å². The minimum atomic E-state index is -1.11. The number of aryl methyl sites for hydroxylation is 1. The number of aliphatic hydroxyl groups is 1. The van der Waals surface area contributed by atoms with Gasteiger partial charge in [0.05, 0.1) is 47.4 Å². The van der Waals surface area contributed by atoms with Crippen molar-refractivity contribution in [2.75, 3.05) is 51.8 Å². The lowest BCUT2D eigenvalue weighted by atomic mass is 10.0. The molecule has 0 saturated carbocycles. The topological polar surface area (TPSA) is 164 Å². The maximum Gasteiger partial charge on any atom is 0.411 e. The summed E-state index contributed by atoms with van der Waals surface area (Å²) in [5.74, 6) is -3.72. The number of hydrogen-bond donors (Lipinski definition) is 2. The van der Waals surface area contributed by atoms with Gasteiger partial charge in [-0.1, -0.05) is 17.7 Å². The Hall–Kier alpha value is -5.39. The molecule has 2 unspecified atom stereocenters. The van der Waals surface area contributed by atoms with E-state index in [9.17, 15) is 24.3 Å². The van der Waals surface area contributed by atoms with Crippen LogP contribution in [-0.4, -0.2) is 127 Å². The molecule has 15 nitrogen and oxygen atoms in total. The van der Waals surface area contributed by atoms with Crippen molar-refractivity contribution in [3.05, 3.63) is 76.5 Å². The Kier molecular flexibility index (Phi) is 12.0. The number of benzene rings is 2. The van der Waals surface area contributed by atoms with Crippen molar-refractivity contribution in [3.63, 3.8) is 0 Å². The monoisotopic (exact) mass is 810 g/mol. The molecule has 4 aromatic rings. The number of piperazine rings is 1. The van der Waals surface area contributed by atoms with Gasteiger partial charge in [0, 0.05) is 75.5 Å². The number of halogens is 3. The lowest BCUT2D eigenvalue weighted by Gasteiger charge is -2.38. The summed E-state index contributed by atoms with van der Waals surface area (Å²) in [5, 5.41) is 17.7. The van der Waals surface area contributed by atoms with Crippen LogP contribution in [0.4, 0.5) is 19.3 Å². The van der Waals surface area contributed by atoms with Crippen LogP contribution in [0.1, 0.15) is 53.9 Å². The Bertz CT molecular complexity index is 2190. The number of methoxy groups -OCH3 is 1. The SMILES string of the molecule is COCCn1cc(-c2ccc(-c3cnc(C(=O)Nc4ccc(C(=O)N5CCN(C(=O)C6C(O)CCN6C(=O)OC(C)(C)C)CC5)c(Cl)c4)n3C)c(F)c2F)c(C)n1. The Morgan fingerprint density at radius 3 is 2.32 bits per heavy atom. The fourth-order valence-corrected chi connectivity index (χ4v) is 7.21. The van der Waals surface area contributed by atoms with Gasteiger partial charge in [-0.05, 0) is 58.4 Å². The molecule has 2 saturated heterocycles. The maximum absolute atomic E-state index is 15.6. The second-order valence-electron chi connectivity index (χ2n) is 14.9. The third-order valence-electron chi connectivity index (χ3n) is 9.89. The first kappa shape index (κ1) is 41.2. The smallest absolute Gasteiger partial charge is 0.411 e. The number of anilines is 1. The molecular weight excluding hydrogens is 766 g/mol. The quantitative estimate of drug-likeness (QED) is 0.243. The highest BCUT2D eigenvalue weighted by molar-refractivity contribution is 6.34. The molecule has 2 atom stereocenters. The molecule has 304 valence electrons. The molecule has 2 aromatic heterocycles. The van der Waals surface area contributed by atoms with Crippen molar-refractivity contribution in [2.45, 2.75) is 58.4 Å². The zero-order chi connectivity index (χ0) is 41.3. The number of nitrogens with one attached hydrogen (secondary N) is 1. The molecule has 6 rings (SSSR count). The number of rotatable bonds is 9. The van der Waals surface area contributed by atoms with Crippen LogP contribution in [0.2, 0.25) is 5.02 Å². The number of carbonyl (C=O) groups excluding carboxylic acids is 4. The summed E-state index contributed by atoms with van der Waals surface area (Å²) >= 11 is 6.53. The van der Waals surface area contributed by atoms with Crippen molar-refractivity contribution in [2.24, 2.45) is 7.05 Å². The van der Waals surface area contributed by atoms with E-state index in [4.69, 9.17) is 21.1 Å². The summed E-state index contributed by atoms with van der Waals surface area (Å²) in [6.45, 7) is 8.62. The van der Waals surface area contributed by atoms with Crippen molar-refractivity contribution >= 4 is 41.1 Å². The molecule has 57 heavy (non-hydrogen) atoms. The molecule has 4 amide bonds. The third kappa shape index (κ3) is 8.65. The Balaban J connectivity index is 1.08. The second-order valence-corrected chi connectivity index (χ2v) is 15.3. The zero-order valence-corrected chi connectivity index (χ0v) is 33.3. The minimum Gasteiger partial charge on any atom is -0.444 e. The molecule has 0 aliphatic carbocycles. The largest absolute Gasteiger partial charge is 0.444 e. The van der Waals surface area contributed by atoms with Gasteiger partial charge in [0.15, 0.2) is 17.5 Å². The Labute approximate surface area is 333 Å². The number of ether oxygens (including phenoxy) is 2. The van der Waals surface area contributed by atoms with E-state index in [1.54, 1.807) is 50.6 Å². The number of imidazole rings is 1. The van der Waals surface area contributed by atoms with Gasteiger partial charge in [-0.2, -0.15) is 5.10 Å². The van der Waals surface area contributed by atoms with E-state index in [-0.39, 0.29) is 84.0 Å². The minimum absolute atomic E-state index is 0.0435. The molecule has 18 heteroatoms. The molecule has 0 radical (unpaired) electrons. The van der Waals surface area contributed by atoms with E-state index in [0.29, 0.717) is 24.4 Å². The van der Waals surface area contributed by atoms with E-state index < -0.39 is 47.3 Å². The summed E-state index contributed by atoms with van der Waals surface area (Å²) in [4.78, 5) is 61.5. The first-order valence-electron chi connectivity index (χ1n) is 18.4. The van der Waals surface area contributed by atoms with E-state index >= 15 is 8.78 Å². The fraction of sp³-hybridized carbons (Fsp3) is 0.436. The summed E-state index contributed by atoms with van der Waals surface area (Å²) in [6, 6.07) is 6.19. The molecule has 2 N–H and O–H groups in total. The van der Waals surface area contributed by atoms with E-state index in [2.05, 4.69) is 15.4 Å². The third-order valence-corrected chi connectivity index (χ3v) is 10.2. The standard InChI is InChI=1S/C39H45ClF2N8O7/c1-22-27(21-49(45-22)17-18-56-6)24-9-10-26(32(42)31(24)41)29-20-43-34(46(29)5)35(52)44-23-7-8-25(28(40)19-23)36(53)47-13-15-48(16-14-47)37(54)33-30(51)11-12-50(33)38(55)57-39(2,3)4/h7-10,19-21,30,33,51H,11-18H2,1-6H3,(H,44,52). The Morgan fingerprint density at radius 2 is 1.65 bits per heavy atom. The number of amides is 4. The Morgan fingerprint density at radius 1 is 0.982 bits per heavy atom. The van der Waals surface area contributed by atoms with Gasteiger partial charge < -0.3 is 34.3 Å². The van der Waals surface area contributed by atoms with Gasteiger partial charge in [-0.25, -0.2) is 18.6 Å². The van der Waals surface area contributed by atoms with Crippen molar-refractivity contribution < 1.29 is 42.5 Å². The van der Waals surface area contributed by atoms with Gasteiger partial charge in [-0.15, -0.1) is 0 Å². The molecule has 2 fully saturated rings. The number of hydrogen-bond acceptors (Lipinski definition) is 9. The number of aromatic nitrogens is 4. The van der Waals surface area contributed by atoms with Crippen LogP contribution in [0.3, 0.4) is 0 Å². The van der Waals surface area contributed by atoms with Crippen LogP contribution in [0, 0.1) is 18.6 Å². The molecular formula is C39H45ClF2N8O7. The number of nitrogens with zero attached hydrogens (tertiary/aromatic N) is 7. The first-order valence-corrected chi connectivity index (χ1v) is 18.8. The van der Waals surface area contributed by atoms with Crippen molar-refractivity contribution in [1.29, 1.82) is 0 Å². The van der Waals surface area contributed by atoms with E-state index in [0.717, 1.165) is 0 Å². The van der Waals surface area contributed by atoms with Gasteiger partial charge in [0.2, 0.25) is 5.91 Å². The number of likely N-dealkylation sites (tertiary alicyclic amines) is 1. The number of carbonyl (C=O) groups is 4. The van der Waals surface area contributed by atoms with Crippen LogP contribution in [-0.2, 0) is 27.9 Å². The summed E-state index contributed by atoms with van der Waals surface area (Å²) in [6.07, 6.45) is 1.44. The molecule has 2 aliphatic heterocycles. The van der Waals surface area contributed by atoms with Crippen LogP contribution >= 0.6 is 11.6 Å². The summed E-state index contributed by atoms with van der Waals surface area (Å²) < 4.78 is 44.5. The maximum atomic E-state index is 15.6. The highest BCUT2D eigenvalue weighted by Crippen LogP contribution is 2.33. The van der Waals surface area contributed by atoms with E-state index in [1.807, 2.05) is 0 Å². The van der Waals surface area contributed by atoms with Gasteiger partial charge in [0.25, 0.3) is 11.8 Å². The highest BCUT2D eigenvalue weighted by atomic mass is 35.5. The highest BCUT2D eigenvalue weighted by Gasteiger charge is 2.45. The van der Waals surface area contributed by atoms with Gasteiger partial charge >= 0.3 is 6.09 Å². The van der Waals surface area contributed by atoms with Crippen molar-refractivity contribution in [1.82, 2.24) is 34.0 Å². The van der Waals surface area contributed by atoms with Crippen molar-refractivity contribution in [3.8, 4) is 22.4 Å². The summed E-state index contributed by atoms with van der Waals surface area (Å²) in [5.41, 5.74) is 0.745. The van der Waals surface area contributed by atoms with E-state index in [1.165, 1.54) is 57.9 Å². The van der Waals surface area contributed by atoms with Gasteiger partial charge in [0.1, 0.15) is 11.6 Å². The predicted octanol–water partition coefficient (Wildman–Crippen LogP) is 4.74. The molecule has 2 aromatic carbocycles. The predicted molar refractivity (Wildman–Crippen MR) is 206 cm³/mol. The lowest BCUT2D eigenvalue weighted by Crippen LogP contribution is -2.57. The molecule has 0 bridgehead atoms. The zero-order valence-electron chi connectivity index (χ0n) is 32.5. The molecule has 4 heterocycles. The van der Waals surface area contributed by atoms with Crippen LogP contribution in [0.15, 0.2) is 42.7 Å². The second kappa shape index (κ2) is 16.6. The summed E-state index contributed by atoms with van der Waals surface area (Å²) in [7, 11) is 3.06. The van der Waals surface area contributed by atoms with Crippen LogP contribution in [0.5, 0.6) is 0 Å². The lowest BCUT2D eigenvalue weighted by molar-refractivity contribution is -0.140. The molecule has 0 spiro atoms.